The van der Waals surface area contributed by atoms with Crippen LogP contribution >= 0.6 is 23.3 Å². The Morgan fingerprint density at radius 2 is 2.00 bits per heavy atom. The molecule has 1 aliphatic heterocycles. The topological polar surface area (TPSA) is 71.2 Å². The molecule has 2 aromatic rings. The molecule has 1 aliphatic rings. The van der Waals surface area contributed by atoms with Gasteiger partial charge in [0, 0.05) is 18.5 Å². The maximum Gasteiger partial charge on any atom is 0.322 e. The number of nitrogens with one attached hydrogen (secondary N) is 1. The van der Waals surface area contributed by atoms with Gasteiger partial charge < -0.3 is 10.6 Å². The third kappa shape index (κ3) is 3.78. The van der Waals surface area contributed by atoms with Crippen LogP contribution in [0.4, 0.5) is 10.5 Å². The molecule has 3 rings (SSSR count). The summed E-state index contributed by atoms with van der Waals surface area (Å²) >= 11 is 3.01. The summed E-state index contributed by atoms with van der Waals surface area (Å²) in [5.41, 5.74) is 7.47. The minimum absolute atomic E-state index is 0.0355. The van der Waals surface area contributed by atoms with Crippen molar-refractivity contribution in [2.45, 2.75) is 50.3 Å². The van der Waals surface area contributed by atoms with Gasteiger partial charge in [0.25, 0.3) is 0 Å². The van der Waals surface area contributed by atoms with E-state index >= 15 is 0 Å². The van der Waals surface area contributed by atoms with Crippen molar-refractivity contribution in [2.75, 3.05) is 18.0 Å². The first-order valence-electron chi connectivity index (χ1n) is 8.27. The van der Waals surface area contributed by atoms with Crippen molar-refractivity contribution in [1.29, 1.82) is 0 Å². The third-order valence-corrected chi connectivity index (χ3v) is 6.36. The van der Waals surface area contributed by atoms with E-state index in [1.54, 1.807) is 11.3 Å². The van der Waals surface area contributed by atoms with E-state index in [1.165, 1.54) is 31.2 Å². The van der Waals surface area contributed by atoms with Gasteiger partial charge in [-0.15, -0.1) is 11.3 Å². The van der Waals surface area contributed by atoms with Crippen molar-refractivity contribution in [3.63, 3.8) is 0 Å². The van der Waals surface area contributed by atoms with Gasteiger partial charge in [0.2, 0.25) is 0 Å². The van der Waals surface area contributed by atoms with Crippen LogP contribution in [0.1, 0.15) is 45.0 Å². The Morgan fingerprint density at radius 3 is 2.62 bits per heavy atom. The van der Waals surface area contributed by atoms with E-state index in [4.69, 9.17) is 10.7 Å². The predicted molar refractivity (Wildman–Crippen MR) is 103 cm³/mol. The lowest BCUT2D eigenvalue weighted by Crippen LogP contribution is -2.30. The van der Waals surface area contributed by atoms with Crippen molar-refractivity contribution in [3.8, 4) is 0 Å². The maximum atomic E-state index is 11.1. The summed E-state index contributed by atoms with van der Waals surface area (Å²) in [5.74, 6) is 0. The number of nitrogens with zero attached hydrogens (tertiary/aromatic N) is 2. The number of amides is 2. The number of anilines is 1. The Morgan fingerprint density at radius 1 is 1.29 bits per heavy atom. The van der Waals surface area contributed by atoms with Crippen LogP contribution in [0.25, 0.3) is 10.2 Å². The molecular formula is C17H24N4OS2. The highest BCUT2D eigenvalue weighted by molar-refractivity contribution is 7.98. The summed E-state index contributed by atoms with van der Waals surface area (Å²) in [5, 5.41) is 1.13. The van der Waals surface area contributed by atoms with Crippen molar-refractivity contribution in [3.05, 3.63) is 17.1 Å². The van der Waals surface area contributed by atoms with Gasteiger partial charge in [-0.1, -0.05) is 20.8 Å². The first kappa shape index (κ1) is 17.4. The quantitative estimate of drug-likeness (QED) is 0.798. The Kier molecular flexibility index (Phi) is 4.92. The van der Waals surface area contributed by atoms with E-state index in [9.17, 15) is 4.79 Å². The third-order valence-electron chi connectivity index (χ3n) is 4.07. The molecule has 0 atom stereocenters. The fourth-order valence-electron chi connectivity index (χ4n) is 2.83. The van der Waals surface area contributed by atoms with E-state index < -0.39 is 6.03 Å². The highest BCUT2D eigenvalue weighted by atomic mass is 32.2. The molecule has 1 fully saturated rings. The smallest absolute Gasteiger partial charge is 0.322 e. The van der Waals surface area contributed by atoms with Crippen LogP contribution in [0.2, 0.25) is 0 Å². The number of fused-ring (bicyclic) bond motifs is 1. The number of carbonyl (C=O) groups is 1. The maximum absolute atomic E-state index is 11.1. The zero-order valence-corrected chi connectivity index (χ0v) is 16.0. The van der Waals surface area contributed by atoms with Crippen LogP contribution in [-0.4, -0.2) is 24.1 Å². The molecule has 1 aromatic carbocycles. The summed E-state index contributed by atoms with van der Waals surface area (Å²) in [6.07, 6.45) is 3.69. The molecule has 5 nitrogen and oxygen atoms in total. The Bertz CT molecular complexity index is 745. The SMILES string of the molecule is CC(C)(C)c1nc2cc(N3CCCCC3)c(SNC(N)=O)cc2s1. The number of piperidine rings is 1. The van der Waals surface area contributed by atoms with Crippen molar-refractivity contribution < 1.29 is 4.79 Å². The van der Waals surface area contributed by atoms with Gasteiger partial charge in [0.05, 0.1) is 25.8 Å². The number of primary amides is 1. The molecule has 0 bridgehead atoms. The molecule has 7 heteroatoms. The first-order valence-corrected chi connectivity index (χ1v) is 9.90. The minimum atomic E-state index is -0.524. The van der Waals surface area contributed by atoms with Gasteiger partial charge in [-0.3, -0.25) is 4.72 Å². The molecule has 3 N–H and O–H groups in total. The summed E-state index contributed by atoms with van der Waals surface area (Å²) in [4.78, 5) is 19.4. The number of hydrogen-bond donors (Lipinski definition) is 2. The van der Waals surface area contributed by atoms with Gasteiger partial charge in [0.15, 0.2) is 0 Å². The summed E-state index contributed by atoms with van der Waals surface area (Å²) in [6, 6.07) is 3.77. The van der Waals surface area contributed by atoms with Crippen LogP contribution in [-0.2, 0) is 5.41 Å². The Labute approximate surface area is 151 Å². The van der Waals surface area contributed by atoms with Gasteiger partial charge in [-0.2, -0.15) is 0 Å². The van der Waals surface area contributed by atoms with E-state index in [-0.39, 0.29) is 5.41 Å². The summed E-state index contributed by atoms with van der Waals surface area (Å²) in [6.45, 7) is 8.64. The fraction of sp³-hybridized carbons (Fsp3) is 0.529. The van der Waals surface area contributed by atoms with E-state index in [0.29, 0.717) is 0 Å². The Hall–Kier alpha value is -1.47. The fourth-order valence-corrected chi connectivity index (χ4v) is 4.63. The average Bonchev–Trinajstić information content (AvgIpc) is 2.96. The number of benzene rings is 1. The lowest BCUT2D eigenvalue weighted by Gasteiger charge is -2.30. The number of rotatable bonds is 3. The van der Waals surface area contributed by atoms with E-state index in [1.807, 2.05) is 0 Å². The second-order valence-corrected chi connectivity index (χ2v) is 9.05. The van der Waals surface area contributed by atoms with Crippen LogP contribution < -0.4 is 15.4 Å². The molecule has 130 valence electrons. The van der Waals surface area contributed by atoms with Crippen LogP contribution in [0, 0.1) is 0 Å². The zero-order chi connectivity index (χ0) is 17.3. The molecule has 24 heavy (non-hydrogen) atoms. The molecule has 0 spiro atoms. The van der Waals surface area contributed by atoms with Crippen molar-refractivity contribution in [1.82, 2.24) is 9.71 Å². The average molecular weight is 365 g/mol. The molecule has 0 saturated carbocycles. The molecular weight excluding hydrogens is 340 g/mol. The Balaban J connectivity index is 2.03. The second kappa shape index (κ2) is 6.80. The number of hydrogen-bond acceptors (Lipinski definition) is 5. The second-order valence-electron chi connectivity index (χ2n) is 7.17. The standard InChI is InChI=1S/C17H24N4OS2/c1-17(2,3)15-19-11-9-12(21-7-5-4-6-8-21)14(10-13(11)23-15)24-20-16(18)22/h9-10H,4-8H2,1-3H3,(H3,18,20,22). The van der Waals surface area contributed by atoms with E-state index in [2.05, 4.69) is 42.5 Å². The molecule has 0 aliphatic carbocycles. The van der Waals surface area contributed by atoms with Gasteiger partial charge >= 0.3 is 6.03 Å². The molecule has 2 heterocycles. The van der Waals surface area contributed by atoms with Gasteiger partial charge in [-0.25, -0.2) is 9.78 Å². The minimum Gasteiger partial charge on any atom is -0.371 e. The molecule has 0 radical (unpaired) electrons. The van der Waals surface area contributed by atoms with E-state index in [0.717, 1.165) is 38.9 Å². The largest absolute Gasteiger partial charge is 0.371 e. The predicted octanol–water partition coefficient (Wildman–Crippen LogP) is 4.26. The summed E-state index contributed by atoms with van der Waals surface area (Å²) < 4.78 is 3.80. The van der Waals surface area contributed by atoms with Crippen LogP contribution in [0.15, 0.2) is 17.0 Å². The number of aromatic nitrogens is 1. The molecule has 0 unspecified atom stereocenters. The normalized spacial score (nSPS) is 15.7. The lowest BCUT2D eigenvalue weighted by atomic mass is 9.98. The number of nitrogens with two attached hydrogens (primary N) is 1. The monoisotopic (exact) mass is 364 g/mol. The number of thiazole rings is 1. The van der Waals surface area contributed by atoms with Crippen LogP contribution in [0.3, 0.4) is 0 Å². The zero-order valence-electron chi connectivity index (χ0n) is 14.4. The van der Waals surface area contributed by atoms with Crippen molar-refractivity contribution >= 4 is 45.2 Å². The molecule has 2 amide bonds. The molecule has 1 aromatic heterocycles. The van der Waals surface area contributed by atoms with Crippen molar-refractivity contribution in [2.24, 2.45) is 5.73 Å². The highest BCUT2D eigenvalue weighted by Crippen LogP contribution is 2.38. The number of urea groups is 1. The first-order chi connectivity index (χ1) is 11.3. The highest BCUT2D eigenvalue weighted by Gasteiger charge is 2.22. The molecule has 1 saturated heterocycles. The van der Waals surface area contributed by atoms with Gasteiger partial charge in [0.1, 0.15) is 0 Å². The lowest BCUT2D eigenvalue weighted by molar-refractivity contribution is 0.254. The van der Waals surface area contributed by atoms with Crippen LogP contribution in [0.5, 0.6) is 0 Å². The summed E-state index contributed by atoms with van der Waals surface area (Å²) in [7, 11) is 0. The number of carbonyl (C=O) groups excluding carboxylic acids is 1. The van der Waals surface area contributed by atoms with Gasteiger partial charge in [-0.05, 0) is 43.3 Å².